The van der Waals surface area contributed by atoms with Gasteiger partial charge < -0.3 is 14.0 Å². The Labute approximate surface area is 147 Å². The Hall–Kier alpha value is -1.37. The van der Waals surface area contributed by atoms with Crippen molar-refractivity contribution in [3.8, 4) is 11.4 Å². The third-order valence-electron chi connectivity index (χ3n) is 4.18. The van der Waals surface area contributed by atoms with E-state index >= 15 is 0 Å². The van der Waals surface area contributed by atoms with Gasteiger partial charge in [-0.2, -0.15) is 0 Å². The van der Waals surface area contributed by atoms with Crippen molar-refractivity contribution in [3.05, 3.63) is 29.8 Å². The minimum absolute atomic E-state index is 0.0223. The third-order valence-corrected chi connectivity index (χ3v) is 5.11. The van der Waals surface area contributed by atoms with Crippen molar-refractivity contribution in [2.75, 3.05) is 19.0 Å². The number of benzene rings is 1. The Balaban J connectivity index is 1.59. The van der Waals surface area contributed by atoms with Crippen LogP contribution < -0.4 is 0 Å². The van der Waals surface area contributed by atoms with Crippen molar-refractivity contribution in [2.24, 2.45) is 0 Å². The van der Waals surface area contributed by atoms with E-state index in [-0.39, 0.29) is 6.29 Å². The van der Waals surface area contributed by atoms with E-state index in [4.69, 9.17) is 9.47 Å². The van der Waals surface area contributed by atoms with E-state index in [1.165, 1.54) is 12.0 Å². The lowest BCUT2D eigenvalue weighted by molar-refractivity contribution is -0.158. The van der Waals surface area contributed by atoms with Crippen LogP contribution in [-0.4, -0.2) is 40.0 Å². The van der Waals surface area contributed by atoms with Crippen molar-refractivity contribution >= 4 is 11.8 Å². The maximum absolute atomic E-state index is 5.79. The highest BCUT2D eigenvalue weighted by Gasteiger charge is 2.16. The third kappa shape index (κ3) is 4.18. The Kier molecular flexibility index (Phi) is 6.29. The highest BCUT2D eigenvalue weighted by molar-refractivity contribution is 7.99. The van der Waals surface area contributed by atoms with Crippen molar-refractivity contribution in [3.63, 3.8) is 0 Å². The fourth-order valence-corrected chi connectivity index (χ4v) is 3.69. The molecule has 24 heavy (non-hydrogen) atoms. The van der Waals surface area contributed by atoms with Crippen molar-refractivity contribution < 1.29 is 9.47 Å². The predicted molar refractivity (Wildman–Crippen MR) is 96.1 cm³/mol. The van der Waals surface area contributed by atoms with Crippen molar-refractivity contribution in [1.29, 1.82) is 0 Å². The molecule has 1 fully saturated rings. The monoisotopic (exact) mass is 347 g/mol. The first-order valence-electron chi connectivity index (χ1n) is 8.64. The molecular formula is C18H25N3O2S. The maximum atomic E-state index is 5.79. The molecule has 0 saturated carbocycles. The summed E-state index contributed by atoms with van der Waals surface area (Å²) in [5.41, 5.74) is 2.36. The molecule has 130 valence electrons. The minimum atomic E-state index is -0.0223. The van der Waals surface area contributed by atoms with Gasteiger partial charge in [0.2, 0.25) is 0 Å². The minimum Gasteiger partial charge on any atom is -0.353 e. The van der Waals surface area contributed by atoms with Gasteiger partial charge in [0.15, 0.2) is 17.3 Å². The van der Waals surface area contributed by atoms with E-state index in [2.05, 4.69) is 40.7 Å². The van der Waals surface area contributed by atoms with Crippen LogP contribution in [0.5, 0.6) is 0 Å². The summed E-state index contributed by atoms with van der Waals surface area (Å²) in [5.74, 6) is 1.79. The highest BCUT2D eigenvalue weighted by Crippen LogP contribution is 2.26. The average Bonchev–Trinajstić information content (AvgIpc) is 3.02. The standard InChI is InChI=1S/C18H25N3O2S/c1-3-21-17(15-9-5-4-8-14(15)2)19-20-18(21)24-13-12-23-16-10-6-7-11-22-16/h4-5,8-9,16H,3,6-7,10-13H2,1-2H3. The van der Waals surface area contributed by atoms with Crippen LogP contribution >= 0.6 is 11.8 Å². The molecule has 0 amide bonds. The van der Waals surface area contributed by atoms with Crippen LogP contribution in [0, 0.1) is 6.92 Å². The van der Waals surface area contributed by atoms with Gasteiger partial charge in [-0.1, -0.05) is 36.0 Å². The molecule has 0 N–H and O–H groups in total. The Bertz CT molecular complexity index is 653. The SMILES string of the molecule is CCn1c(SCCOC2CCCCO2)nnc1-c1ccccc1C. The Morgan fingerprint density at radius 2 is 2.17 bits per heavy atom. The van der Waals surface area contributed by atoms with Gasteiger partial charge in [-0.05, 0) is 38.7 Å². The van der Waals surface area contributed by atoms with Crippen LogP contribution in [0.3, 0.4) is 0 Å². The normalized spacial score (nSPS) is 18.0. The first-order chi connectivity index (χ1) is 11.8. The van der Waals surface area contributed by atoms with Gasteiger partial charge in [0, 0.05) is 24.5 Å². The molecule has 1 aromatic carbocycles. The molecule has 0 aliphatic carbocycles. The Morgan fingerprint density at radius 3 is 2.92 bits per heavy atom. The van der Waals surface area contributed by atoms with Gasteiger partial charge in [-0.15, -0.1) is 10.2 Å². The number of aryl methyl sites for hydroxylation is 1. The second-order valence-corrected chi connectivity index (χ2v) is 6.94. The number of thioether (sulfide) groups is 1. The molecule has 2 heterocycles. The van der Waals surface area contributed by atoms with Crippen LogP contribution in [0.25, 0.3) is 11.4 Å². The second-order valence-electron chi connectivity index (χ2n) is 5.88. The summed E-state index contributed by atoms with van der Waals surface area (Å²) >= 11 is 1.69. The molecule has 0 bridgehead atoms. The fraction of sp³-hybridized carbons (Fsp3) is 0.556. The quantitative estimate of drug-likeness (QED) is 0.561. The molecule has 5 nitrogen and oxygen atoms in total. The van der Waals surface area contributed by atoms with Crippen molar-refractivity contribution in [1.82, 2.24) is 14.8 Å². The summed E-state index contributed by atoms with van der Waals surface area (Å²) in [7, 11) is 0. The van der Waals surface area contributed by atoms with E-state index in [1.807, 2.05) is 12.1 Å². The molecule has 1 saturated heterocycles. The largest absolute Gasteiger partial charge is 0.353 e. The number of aromatic nitrogens is 3. The number of nitrogens with zero attached hydrogens (tertiary/aromatic N) is 3. The molecule has 2 aromatic rings. The average molecular weight is 347 g/mol. The zero-order valence-electron chi connectivity index (χ0n) is 14.4. The van der Waals surface area contributed by atoms with Crippen LogP contribution in [0.15, 0.2) is 29.4 Å². The van der Waals surface area contributed by atoms with Gasteiger partial charge in [0.05, 0.1) is 6.61 Å². The van der Waals surface area contributed by atoms with E-state index in [1.54, 1.807) is 11.8 Å². The zero-order chi connectivity index (χ0) is 16.8. The van der Waals surface area contributed by atoms with E-state index in [0.29, 0.717) is 6.61 Å². The molecule has 1 aliphatic heterocycles. The smallest absolute Gasteiger partial charge is 0.191 e. The van der Waals surface area contributed by atoms with Crippen LogP contribution in [0.1, 0.15) is 31.7 Å². The molecular weight excluding hydrogens is 322 g/mol. The lowest BCUT2D eigenvalue weighted by atomic mass is 10.1. The van der Waals surface area contributed by atoms with Gasteiger partial charge >= 0.3 is 0 Å². The van der Waals surface area contributed by atoms with Crippen molar-refractivity contribution in [2.45, 2.75) is 51.1 Å². The molecule has 1 aliphatic rings. The molecule has 3 rings (SSSR count). The first kappa shape index (κ1) is 17.5. The molecule has 1 unspecified atom stereocenters. The number of hydrogen-bond donors (Lipinski definition) is 0. The van der Waals surface area contributed by atoms with E-state index < -0.39 is 0 Å². The second kappa shape index (κ2) is 8.65. The summed E-state index contributed by atoms with van der Waals surface area (Å²) < 4.78 is 13.5. The van der Waals surface area contributed by atoms with Gasteiger partial charge in [-0.25, -0.2) is 0 Å². The van der Waals surface area contributed by atoms with Gasteiger partial charge in [0.25, 0.3) is 0 Å². The van der Waals surface area contributed by atoms with E-state index in [0.717, 1.165) is 48.3 Å². The highest BCUT2D eigenvalue weighted by atomic mass is 32.2. The zero-order valence-corrected chi connectivity index (χ0v) is 15.2. The van der Waals surface area contributed by atoms with Gasteiger partial charge in [0.1, 0.15) is 0 Å². The predicted octanol–water partition coefficient (Wildman–Crippen LogP) is 3.91. The van der Waals surface area contributed by atoms with Crippen LogP contribution in [0.2, 0.25) is 0 Å². The summed E-state index contributed by atoms with van der Waals surface area (Å²) in [4.78, 5) is 0. The van der Waals surface area contributed by atoms with E-state index in [9.17, 15) is 0 Å². The van der Waals surface area contributed by atoms with Crippen LogP contribution in [0.4, 0.5) is 0 Å². The number of hydrogen-bond acceptors (Lipinski definition) is 5. The molecule has 6 heteroatoms. The fourth-order valence-electron chi connectivity index (χ4n) is 2.86. The lowest BCUT2D eigenvalue weighted by Crippen LogP contribution is -2.23. The maximum Gasteiger partial charge on any atom is 0.191 e. The molecule has 0 radical (unpaired) electrons. The van der Waals surface area contributed by atoms with Gasteiger partial charge in [-0.3, -0.25) is 0 Å². The topological polar surface area (TPSA) is 49.2 Å². The first-order valence-corrected chi connectivity index (χ1v) is 9.63. The summed E-state index contributed by atoms with van der Waals surface area (Å²) in [6.45, 7) is 6.58. The molecule has 1 atom stereocenters. The Morgan fingerprint density at radius 1 is 1.29 bits per heavy atom. The number of rotatable bonds is 7. The number of ether oxygens (including phenoxy) is 2. The summed E-state index contributed by atoms with van der Waals surface area (Å²) in [5, 5.41) is 9.74. The molecule has 0 spiro atoms. The lowest BCUT2D eigenvalue weighted by Gasteiger charge is -2.22. The molecule has 1 aromatic heterocycles. The summed E-state index contributed by atoms with van der Waals surface area (Å²) in [6, 6.07) is 8.30. The van der Waals surface area contributed by atoms with Crippen LogP contribution in [-0.2, 0) is 16.0 Å². The summed E-state index contributed by atoms with van der Waals surface area (Å²) in [6.07, 6.45) is 3.33.